The van der Waals surface area contributed by atoms with Gasteiger partial charge in [0.1, 0.15) is 0 Å². The number of rotatable bonds is 4. The van der Waals surface area contributed by atoms with E-state index in [2.05, 4.69) is 31.0 Å². The molecule has 2 saturated heterocycles. The molecule has 0 aromatic heterocycles. The van der Waals surface area contributed by atoms with Crippen LogP contribution in [0, 0.1) is 5.41 Å². The molecule has 2 bridgehead atoms. The molecule has 0 amide bonds. The van der Waals surface area contributed by atoms with Crippen molar-refractivity contribution in [3.05, 3.63) is 0 Å². The van der Waals surface area contributed by atoms with Crippen molar-refractivity contribution in [1.82, 2.24) is 10.2 Å². The van der Waals surface area contributed by atoms with Gasteiger partial charge in [-0.2, -0.15) is 0 Å². The Balaban J connectivity index is 1.71. The first kappa shape index (κ1) is 14.8. The van der Waals surface area contributed by atoms with Gasteiger partial charge in [0, 0.05) is 36.7 Å². The second kappa shape index (κ2) is 5.58. The molecule has 1 aliphatic carbocycles. The lowest BCUT2D eigenvalue weighted by atomic mass is 9.61. The van der Waals surface area contributed by atoms with E-state index < -0.39 is 0 Å². The Morgan fingerprint density at radius 2 is 1.80 bits per heavy atom. The Morgan fingerprint density at radius 1 is 1.15 bits per heavy atom. The van der Waals surface area contributed by atoms with Gasteiger partial charge in [-0.15, -0.1) is 0 Å². The number of piperidine rings is 2. The Morgan fingerprint density at radius 3 is 2.30 bits per heavy atom. The molecule has 3 nitrogen and oxygen atoms in total. The van der Waals surface area contributed by atoms with Gasteiger partial charge in [0.2, 0.25) is 0 Å². The van der Waals surface area contributed by atoms with Crippen molar-refractivity contribution in [3.63, 3.8) is 0 Å². The quantitative estimate of drug-likeness (QED) is 0.857. The third kappa shape index (κ3) is 2.32. The average Bonchev–Trinajstić information content (AvgIpc) is 2.39. The molecular weight excluding hydrogens is 248 g/mol. The van der Waals surface area contributed by atoms with Crippen LogP contribution >= 0.6 is 0 Å². The normalized spacial score (nSPS) is 44.1. The lowest BCUT2D eigenvalue weighted by Crippen LogP contribution is -2.69. The van der Waals surface area contributed by atoms with Crippen LogP contribution in [0.15, 0.2) is 0 Å². The fourth-order valence-electron chi connectivity index (χ4n) is 5.15. The van der Waals surface area contributed by atoms with Gasteiger partial charge in [-0.3, -0.25) is 4.90 Å². The predicted octanol–water partition coefficient (Wildman–Crippen LogP) is 2.79. The number of nitrogens with zero attached hydrogens (tertiary/aromatic N) is 1. The molecule has 20 heavy (non-hydrogen) atoms. The fraction of sp³-hybridized carbons (Fsp3) is 1.00. The first-order valence-corrected chi connectivity index (χ1v) is 8.61. The number of nitrogens with one attached hydrogen (secondary N) is 1. The van der Waals surface area contributed by atoms with Crippen molar-refractivity contribution in [2.24, 2.45) is 5.41 Å². The van der Waals surface area contributed by atoms with E-state index in [4.69, 9.17) is 4.74 Å². The van der Waals surface area contributed by atoms with Crippen LogP contribution in [-0.2, 0) is 4.74 Å². The van der Waals surface area contributed by atoms with E-state index >= 15 is 0 Å². The highest BCUT2D eigenvalue weighted by Gasteiger charge is 2.55. The molecule has 3 fully saturated rings. The molecule has 116 valence electrons. The van der Waals surface area contributed by atoms with E-state index in [0.717, 1.165) is 30.7 Å². The van der Waals surface area contributed by atoms with Crippen LogP contribution in [0.4, 0.5) is 0 Å². The lowest BCUT2D eigenvalue weighted by Gasteiger charge is -2.62. The van der Waals surface area contributed by atoms with Gasteiger partial charge in [-0.05, 0) is 38.6 Å². The molecule has 3 heteroatoms. The Kier molecular flexibility index (Phi) is 4.13. The number of hydrogen-bond donors (Lipinski definition) is 1. The summed E-state index contributed by atoms with van der Waals surface area (Å²) >= 11 is 0. The van der Waals surface area contributed by atoms with E-state index in [1.54, 1.807) is 0 Å². The van der Waals surface area contributed by atoms with E-state index in [1.807, 2.05) is 7.11 Å². The molecule has 0 radical (unpaired) electrons. The predicted molar refractivity (Wildman–Crippen MR) is 82.9 cm³/mol. The van der Waals surface area contributed by atoms with Gasteiger partial charge in [0.15, 0.2) is 0 Å². The second-order valence-electron chi connectivity index (χ2n) is 7.71. The Hall–Kier alpha value is -0.120. The molecule has 0 aromatic carbocycles. The van der Waals surface area contributed by atoms with Crippen LogP contribution < -0.4 is 5.32 Å². The zero-order valence-electron chi connectivity index (χ0n) is 13.7. The van der Waals surface area contributed by atoms with Crippen molar-refractivity contribution in [1.29, 1.82) is 0 Å². The minimum absolute atomic E-state index is 0.327. The SMILES string of the molecule is CCNC1CC2CCCC(C1)N2C1CC(OC)C1(C)C. The summed E-state index contributed by atoms with van der Waals surface area (Å²) in [6.45, 7) is 8.16. The summed E-state index contributed by atoms with van der Waals surface area (Å²) in [4.78, 5) is 2.91. The first-order chi connectivity index (χ1) is 9.57. The van der Waals surface area contributed by atoms with Crippen LogP contribution in [0.1, 0.15) is 59.3 Å². The molecule has 4 unspecified atom stereocenters. The zero-order chi connectivity index (χ0) is 14.3. The Bertz CT molecular complexity index is 330. The first-order valence-electron chi connectivity index (χ1n) is 8.61. The molecule has 0 aromatic rings. The van der Waals surface area contributed by atoms with E-state index in [0.29, 0.717) is 11.5 Å². The molecule has 0 spiro atoms. The maximum atomic E-state index is 5.67. The maximum Gasteiger partial charge on any atom is 0.0652 e. The summed E-state index contributed by atoms with van der Waals surface area (Å²) in [6.07, 6.45) is 8.65. The van der Waals surface area contributed by atoms with Gasteiger partial charge in [-0.1, -0.05) is 27.2 Å². The van der Waals surface area contributed by atoms with Crippen molar-refractivity contribution < 1.29 is 4.74 Å². The largest absolute Gasteiger partial charge is 0.381 e. The monoisotopic (exact) mass is 280 g/mol. The smallest absolute Gasteiger partial charge is 0.0652 e. The summed E-state index contributed by atoms with van der Waals surface area (Å²) in [7, 11) is 1.88. The number of ether oxygens (including phenoxy) is 1. The summed E-state index contributed by atoms with van der Waals surface area (Å²) in [6, 6.07) is 3.13. The minimum atomic E-state index is 0.327. The van der Waals surface area contributed by atoms with Crippen LogP contribution in [0.5, 0.6) is 0 Å². The second-order valence-corrected chi connectivity index (χ2v) is 7.71. The molecule has 3 aliphatic rings. The highest BCUT2D eigenvalue weighted by Crippen LogP contribution is 2.50. The molecular formula is C17H32N2O. The van der Waals surface area contributed by atoms with Gasteiger partial charge in [-0.25, -0.2) is 0 Å². The molecule has 4 atom stereocenters. The highest BCUT2D eigenvalue weighted by atomic mass is 16.5. The van der Waals surface area contributed by atoms with Crippen LogP contribution in [0.2, 0.25) is 0 Å². The van der Waals surface area contributed by atoms with Crippen LogP contribution in [0.25, 0.3) is 0 Å². The van der Waals surface area contributed by atoms with Crippen molar-refractivity contribution >= 4 is 0 Å². The number of hydrogen-bond acceptors (Lipinski definition) is 3. The van der Waals surface area contributed by atoms with E-state index in [-0.39, 0.29) is 0 Å². The number of fused-ring (bicyclic) bond motifs is 2. The topological polar surface area (TPSA) is 24.5 Å². The van der Waals surface area contributed by atoms with E-state index in [1.165, 1.54) is 38.5 Å². The van der Waals surface area contributed by atoms with Gasteiger partial charge in [0.05, 0.1) is 6.10 Å². The summed E-state index contributed by atoms with van der Waals surface area (Å²) in [5.41, 5.74) is 0.327. The molecule has 2 heterocycles. The fourth-order valence-corrected chi connectivity index (χ4v) is 5.15. The lowest BCUT2D eigenvalue weighted by molar-refractivity contribution is -0.173. The van der Waals surface area contributed by atoms with Crippen molar-refractivity contribution in [2.75, 3.05) is 13.7 Å². The van der Waals surface area contributed by atoms with Crippen LogP contribution in [0.3, 0.4) is 0 Å². The maximum absolute atomic E-state index is 5.67. The van der Waals surface area contributed by atoms with Gasteiger partial charge < -0.3 is 10.1 Å². The minimum Gasteiger partial charge on any atom is -0.381 e. The summed E-state index contributed by atoms with van der Waals surface area (Å²) in [5, 5.41) is 3.70. The van der Waals surface area contributed by atoms with Crippen molar-refractivity contribution in [3.8, 4) is 0 Å². The summed E-state index contributed by atoms with van der Waals surface area (Å²) in [5.74, 6) is 0. The number of methoxy groups -OCH3 is 1. The average molecular weight is 280 g/mol. The highest BCUT2D eigenvalue weighted by molar-refractivity contribution is 5.09. The van der Waals surface area contributed by atoms with Gasteiger partial charge in [0.25, 0.3) is 0 Å². The third-order valence-corrected chi connectivity index (χ3v) is 6.29. The molecule has 1 N–H and O–H groups in total. The zero-order valence-corrected chi connectivity index (χ0v) is 13.7. The van der Waals surface area contributed by atoms with E-state index in [9.17, 15) is 0 Å². The van der Waals surface area contributed by atoms with Crippen molar-refractivity contribution in [2.45, 2.75) is 89.6 Å². The molecule has 2 aliphatic heterocycles. The Labute approximate surface area is 124 Å². The van der Waals surface area contributed by atoms with Crippen LogP contribution in [-0.4, -0.2) is 48.8 Å². The summed E-state index contributed by atoms with van der Waals surface area (Å²) < 4.78 is 5.67. The molecule has 3 rings (SSSR count). The third-order valence-electron chi connectivity index (χ3n) is 6.29. The molecule has 1 saturated carbocycles. The van der Waals surface area contributed by atoms with Gasteiger partial charge >= 0.3 is 0 Å². The standard InChI is InChI=1S/C17H32N2O/c1-5-18-12-9-13-7-6-8-14(10-12)19(13)15-11-16(20-4)17(15,2)3/h12-16,18H,5-11H2,1-4H3.